The summed E-state index contributed by atoms with van der Waals surface area (Å²) in [5.74, 6) is 1.57. The molecule has 189 valence electrons. The number of para-hydroxylation sites is 1. The van der Waals surface area contributed by atoms with E-state index in [1.54, 1.807) is 0 Å². The molecule has 1 aliphatic carbocycles. The van der Waals surface area contributed by atoms with E-state index in [1.807, 2.05) is 0 Å². The standard InChI is InChI=1S/C29H41N3.CH3.Co/c1-19(2)25-15-11-16-26(20(3)4)29(25)31-23(7)28-18-12-17-27(32-28)22(6)30-21(5)24-13-9-8-10-14-24;;/h11-12,15-21,24H,8-10,13-14H2,1-7H3;1H3;/q;-1;/t21-;;/m0../s1. The molecule has 1 heterocycles. The monoisotopic (exact) mass is 505 g/mol. The molecule has 1 aromatic heterocycles. The second-order valence-electron chi connectivity index (χ2n) is 10.1. The van der Waals surface area contributed by atoms with Crippen molar-refractivity contribution in [2.45, 2.75) is 98.4 Å². The molecule has 1 fully saturated rings. The van der Waals surface area contributed by atoms with Gasteiger partial charge in [-0.1, -0.05) is 71.2 Å². The second-order valence-corrected chi connectivity index (χ2v) is 10.1. The van der Waals surface area contributed by atoms with E-state index in [-0.39, 0.29) is 24.2 Å². The summed E-state index contributed by atoms with van der Waals surface area (Å²) in [5, 5.41) is 0. The van der Waals surface area contributed by atoms with Crippen molar-refractivity contribution in [2.75, 3.05) is 0 Å². The smallest absolute Gasteiger partial charge is 0.0849 e. The Bertz CT molecular complexity index is 943. The van der Waals surface area contributed by atoms with Gasteiger partial charge in [0.1, 0.15) is 0 Å². The van der Waals surface area contributed by atoms with E-state index in [0.29, 0.717) is 23.8 Å². The molecular weight excluding hydrogens is 461 g/mol. The Morgan fingerprint density at radius 3 is 1.82 bits per heavy atom. The van der Waals surface area contributed by atoms with Gasteiger partial charge in [0.15, 0.2) is 0 Å². The topological polar surface area (TPSA) is 37.6 Å². The van der Waals surface area contributed by atoms with Gasteiger partial charge in [0.2, 0.25) is 0 Å². The van der Waals surface area contributed by atoms with Crippen molar-refractivity contribution in [3.8, 4) is 0 Å². The Morgan fingerprint density at radius 1 is 0.794 bits per heavy atom. The Morgan fingerprint density at radius 2 is 1.29 bits per heavy atom. The van der Waals surface area contributed by atoms with Crippen LogP contribution in [0.2, 0.25) is 0 Å². The number of benzene rings is 1. The number of hydrogen-bond acceptors (Lipinski definition) is 3. The van der Waals surface area contributed by atoms with Crippen LogP contribution in [-0.2, 0) is 16.8 Å². The van der Waals surface area contributed by atoms with Crippen LogP contribution in [0.15, 0.2) is 46.4 Å². The van der Waals surface area contributed by atoms with Gasteiger partial charge < -0.3 is 7.43 Å². The molecule has 0 saturated heterocycles. The van der Waals surface area contributed by atoms with Gasteiger partial charge in [0.25, 0.3) is 0 Å². The van der Waals surface area contributed by atoms with Crippen molar-refractivity contribution >= 4 is 17.1 Å². The first-order valence-electron chi connectivity index (χ1n) is 12.5. The third kappa shape index (κ3) is 7.61. The van der Waals surface area contributed by atoms with E-state index >= 15 is 0 Å². The van der Waals surface area contributed by atoms with Crippen molar-refractivity contribution in [2.24, 2.45) is 15.9 Å². The predicted molar refractivity (Wildman–Crippen MR) is 145 cm³/mol. The summed E-state index contributed by atoms with van der Waals surface area (Å²) in [6, 6.07) is 13.1. The van der Waals surface area contributed by atoms with Crippen LogP contribution in [-0.4, -0.2) is 22.4 Å². The molecule has 1 atom stereocenters. The number of rotatable bonds is 7. The van der Waals surface area contributed by atoms with Gasteiger partial charge in [-0.25, -0.2) is 4.98 Å². The molecule has 0 aliphatic heterocycles. The maximum Gasteiger partial charge on any atom is 0.0849 e. The zero-order chi connectivity index (χ0) is 23.3. The number of pyridine rings is 1. The first kappa shape index (κ1) is 30.2. The SMILES string of the molecule is CC(=Nc1c(C(C)C)cccc1C(C)C)c1cccc(C(C)=N[C@@H](C)C2CCCCC2)n1.[CH3-].[Co]. The number of aliphatic imine (C=N–C) groups is 2. The van der Waals surface area contributed by atoms with Crippen LogP contribution in [0, 0.1) is 13.3 Å². The van der Waals surface area contributed by atoms with Gasteiger partial charge in [0.05, 0.1) is 34.5 Å². The minimum atomic E-state index is 0. The summed E-state index contributed by atoms with van der Waals surface area (Å²) in [7, 11) is 0. The first-order chi connectivity index (χ1) is 15.3. The van der Waals surface area contributed by atoms with Crippen molar-refractivity contribution in [3.63, 3.8) is 0 Å². The fourth-order valence-corrected chi connectivity index (χ4v) is 4.80. The third-order valence-electron chi connectivity index (χ3n) is 6.84. The summed E-state index contributed by atoms with van der Waals surface area (Å²) in [6.07, 6.45) is 6.70. The molecule has 3 nitrogen and oxygen atoms in total. The van der Waals surface area contributed by atoms with Crippen molar-refractivity contribution < 1.29 is 16.8 Å². The average Bonchev–Trinajstić information content (AvgIpc) is 2.79. The van der Waals surface area contributed by atoms with Crippen LogP contribution in [0.25, 0.3) is 0 Å². The maximum absolute atomic E-state index is 5.12. The predicted octanol–water partition coefficient (Wildman–Crippen LogP) is 8.69. The van der Waals surface area contributed by atoms with Gasteiger partial charge in [-0.3, -0.25) is 9.98 Å². The molecule has 2 aromatic rings. The summed E-state index contributed by atoms with van der Waals surface area (Å²) >= 11 is 0. The van der Waals surface area contributed by atoms with E-state index in [0.717, 1.165) is 28.5 Å². The Kier molecular flexibility index (Phi) is 12.4. The zero-order valence-electron chi connectivity index (χ0n) is 22.5. The molecule has 0 spiro atoms. The van der Waals surface area contributed by atoms with E-state index in [2.05, 4.69) is 84.9 Å². The number of hydrogen-bond donors (Lipinski definition) is 0. The van der Waals surface area contributed by atoms with Crippen LogP contribution in [0.4, 0.5) is 5.69 Å². The van der Waals surface area contributed by atoms with Gasteiger partial charge in [-0.05, 0) is 74.6 Å². The summed E-state index contributed by atoms with van der Waals surface area (Å²) < 4.78 is 0. The van der Waals surface area contributed by atoms with E-state index in [4.69, 9.17) is 15.0 Å². The van der Waals surface area contributed by atoms with Crippen LogP contribution in [0.3, 0.4) is 0 Å². The minimum absolute atomic E-state index is 0. The molecule has 4 heteroatoms. The summed E-state index contributed by atoms with van der Waals surface area (Å²) in [4.78, 5) is 15.1. The second kappa shape index (κ2) is 13.9. The quantitative estimate of drug-likeness (QED) is 0.274. The number of nitrogens with zero attached hydrogens (tertiary/aromatic N) is 3. The zero-order valence-corrected chi connectivity index (χ0v) is 23.5. The normalized spacial score (nSPS) is 16.3. The molecule has 34 heavy (non-hydrogen) atoms. The Labute approximate surface area is 219 Å². The molecule has 0 N–H and O–H groups in total. The Balaban J connectivity index is 0.00000289. The van der Waals surface area contributed by atoms with Gasteiger partial charge in [-0.2, -0.15) is 0 Å². The first-order valence-corrected chi connectivity index (χ1v) is 12.5. The fourth-order valence-electron chi connectivity index (χ4n) is 4.80. The van der Waals surface area contributed by atoms with Crippen LogP contribution >= 0.6 is 0 Å². The molecular formula is C30H44CoN3-. The molecule has 0 bridgehead atoms. The molecule has 1 saturated carbocycles. The maximum atomic E-state index is 5.12. The summed E-state index contributed by atoms with van der Waals surface area (Å²) in [6.45, 7) is 15.4. The molecule has 1 aromatic carbocycles. The Hall–Kier alpha value is -1.78. The molecule has 0 unspecified atom stereocenters. The van der Waals surface area contributed by atoms with Gasteiger partial charge in [0, 0.05) is 16.8 Å². The van der Waals surface area contributed by atoms with E-state index in [9.17, 15) is 0 Å². The van der Waals surface area contributed by atoms with Crippen molar-refractivity contribution in [1.82, 2.24) is 4.98 Å². The molecule has 0 amide bonds. The molecule has 3 rings (SSSR count). The van der Waals surface area contributed by atoms with Crippen LogP contribution in [0.5, 0.6) is 0 Å². The van der Waals surface area contributed by atoms with E-state index in [1.165, 1.54) is 43.2 Å². The van der Waals surface area contributed by atoms with Crippen molar-refractivity contribution in [1.29, 1.82) is 0 Å². The van der Waals surface area contributed by atoms with Gasteiger partial charge in [-0.15, -0.1) is 0 Å². The minimum Gasteiger partial charge on any atom is -0.358 e. The summed E-state index contributed by atoms with van der Waals surface area (Å²) in [5.41, 5.74) is 7.57. The molecule has 1 radical (unpaired) electrons. The fraction of sp³-hybridized carbons (Fsp3) is 0.533. The largest absolute Gasteiger partial charge is 0.358 e. The average molecular weight is 506 g/mol. The van der Waals surface area contributed by atoms with Gasteiger partial charge >= 0.3 is 0 Å². The van der Waals surface area contributed by atoms with Crippen LogP contribution in [0.1, 0.15) is 115 Å². The third-order valence-corrected chi connectivity index (χ3v) is 6.84. The molecule has 1 aliphatic rings. The van der Waals surface area contributed by atoms with E-state index < -0.39 is 0 Å². The van der Waals surface area contributed by atoms with Crippen molar-refractivity contribution in [3.05, 3.63) is 66.3 Å². The van der Waals surface area contributed by atoms with Crippen LogP contribution < -0.4 is 0 Å². The number of aromatic nitrogens is 1.